The van der Waals surface area contributed by atoms with E-state index in [2.05, 4.69) is 21.0 Å². The minimum atomic E-state index is -2.65. The molecule has 2 unspecified atom stereocenters. The average molecular weight is 392 g/mol. The van der Waals surface area contributed by atoms with E-state index in [9.17, 15) is 8.78 Å². The molecule has 3 nitrogen and oxygen atoms in total. The van der Waals surface area contributed by atoms with Crippen LogP contribution in [0.25, 0.3) is 10.9 Å². The van der Waals surface area contributed by atoms with Crippen molar-refractivity contribution >= 4 is 38.4 Å². The van der Waals surface area contributed by atoms with Gasteiger partial charge in [-0.2, -0.15) is 5.10 Å². The maximum absolute atomic E-state index is 13.4. The largest absolute Gasteiger partial charge is 0.356 e. The Kier molecular flexibility index (Phi) is 3.47. The standard InChI is InChI=1S/C15H14BrClF2N2O/c16-14-8-7-20-21(12-3-1-2-4-22-12)11(8)5-10(17)13(14)9-6-15(9,18)19/h5,7,9,12H,1-4,6H2. The number of fused-ring (bicyclic) bond motifs is 1. The second kappa shape index (κ2) is 5.14. The van der Waals surface area contributed by atoms with Crippen molar-refractivity contribution in [2.24, 2.45) is 0 Å². The molecule has 0 radical (unpaired) electrons. The molecule has 1 saturated heterocycles. The Balaban J connectivity index is 1.81. The highest BCUT2D eigenvalue weighted by Crippen LogP contribution is 2.59. The second-order valence-electron chi connectivity index (χ2n) is 5.95. The van der Waals surface area contributed by atoms with Crippen molar-refractivity contribution in [3.8, 4) is 0 Å². The molecule has 1 aliphatic heterocycles. The third-order valence-electron chi connectivity index (χ3n) is 4.43. The van der Waals surface area contributed by atoms with Crippen LogP contribution in [0, 0.1) is 0 Å². The Bertz CT molecular complexity index is 743. The Morgan fingerprint density at radius 1 is 1.41 bits per heavy atom. The first kappa shape index (κ1) is 14.8. The fourth-order valence-electron chi connectivity index (χ4n) is 3.12. The molecule has 22 heavy (non-hydrogen) atoms. The van der Waals surface area contributed by atoms with Crippen LogP contribution in [0.1, 0.15) is 43.4 Å². The normalized spacial score (nSPS) is 27.3. The first-order chi connectivity index (χ1) is 10.5. The number of nitrogens with zero attached hydrogens (tertiary/aromatic N) is 2. The zero-order chi connectivity index (χ0) is 15.5. The highest BCUT2D eigenvalue weighted by Gasteiger charge is 2.59. The van der Waals surface area contributed by atoms with Crippen LogP contribution in [0.15, 0.2) is 16.7 Å². The van der Waals surface area contributed by atoms with Gasteiger partial charge < -0.3 is 4.74 Å². The summed E-state index contributed by atoms with van der Waals surface area (Å²) in [5, 5.41) is 5.56. The summed E-state index contributed by atoms with van der Waals surface area (Å²) in [5.74, 6) is -3.45. The SMILES string of the molecule is FC1(F)CC1c1c(Cl)cc2c(cnn2C2CCCCO2)c1Br. The van der Waals surface area contributed by atoms with Crippen molar-refractivity contribution in [3.05, 3.63) is 27.3 Å². The van der Waals surface area contributed by atoms with Crippen molar-refractivity contribution in [2.45, 2.75) is 43.8 Å². The predicted molar refractivity (Wildman–Crippen MR) is 83.6 cm³/mol. The molecule has 1 aromatic heterocycles. The molecule has 7 heteroatoms. The van der Waals surface area contributed by atoms with E-state index in [1.54, 1.807) is 16.9 Å². The molecule has 118 valence electrons. The third kappa shape index (κ3) is 2.27. The van der Waals surface area contributed by atoms with Crippen LogP contribution in [-0.2, 0) is 4.74 Å². The Morgan fingerprint density at radius 2 is 2.18 bits per heavy atom. The lowest BCUT2D eigenvalue weighted by atomic mass is 10.1. The molecule has 2 aromatic rings. The van der Waals surface area contributed by atoms with E-state index in [1.807, 2.05) is 0 Å². The average Bonchev–Trinajstić information content (AvgIpc) is 2.93. The van der Waals surface area contributed by atoms with E-state index in [0.717, 1.165) is 30.2 Å². The molecule has 4 rings (SSSR count). The molecule has 2 fully saturated rings. The van der Waals surface area contributed by atoms with Crippen LogP contribution < -0.4 is 0 Å². The Hall–Kier alpha value is -0.720. The van der Waals surface area contributed by atoms with Gasteiger partial charge in [-0.25, -0.2) is 13.5 Å². The summed E-state index contributed by atoms with van der Waals surface area (Å²) in [6.07, 6.45) is 4.49. The van der Waals surface area contributed by atoms with Crippen LogP contribution in [-0.4, -0.2) is 22.3 Å². The molecular formula is C15H14BrClF2N2O. The zero-order valence-electron chi connectivity index (χ0n) is 11.7. The number of hydrogen-bond acceptors (Lipinski definition) is 2. The molecule has 0 bridgehead atoms. The predicted octanol–water partition coefficient (Wildman–Crippen LogP) is 5.27. The maximum Gasteiger partial charge on any atom is 0.256 e. The minimum Gasteiger partial charge on any atom is -0.356 e. The van der Waals surface area contributed by atoms with Gasteiger partial charge in [0.1, 0.15) is 0 Å². The summed E-state index contributed by atoms with van der Waals surface area (Å²) in [6.45, 7) is 0.716. The van der Waals surface area contributed by atoms with Crippen LogP contribution in [0.3, 0.4) is 0 Å². The highest BCUT2D eigenvalue weighted by molar-refractivity contribution is 9.10. The number of ether oxygens (including phenoxy) is 1. The van der Waals surface area contributed by atoms with E-state index in [-0.39, 0.29) is 12.6 Å². The van der Waals surface area contributed by atoms with Gasteiger partial charge in [-0.3, -0.25) is 0 Å². The van der Waals surface area contributed by atoms with E-state index in [1.165, 1.54) is 0 Å². The minimum absolute atomic E-state index is 0.109. The van der Waals surface area contributed by atoms with Crippen LogP contribution >= 0.6 is 27.5 Å². The fourth-order valence-corrected chi connectivity index (χ4v) is 4.36. The highest BCUT2D eigenvalue weighted by atomic mass is 79.9. The van der Waals surface area contributed by atoms with Gasteiger partial charge >= 0.3 is 0 Å². The van der Waals surface area contributed by atoms with Crippen LogP contribution in [0.4, 0.5) is 8.78 Å². The summed E-state index contributed by atoms with van der Waals surface area (Å²) >= 11 is 9.74. The van der Waals surface area contributed by atoms with Crippen molar-refractivity contribution in [3.63, 3.8) is 0 Å². The van der Waals surface area contributed by atoms with Gasteiger partial charge in [-0.05, 0) is 46.8 Å². The van der Waals surface area contributed by atoms with Crippen molar-refractivity contribution in [1.82, 2.24) is 9.78 Å². The quantitative estimate of drug-likeness (QED) is 0.697. The van der Waals surface area contributed by atoms with E-state index < -0.39 is 11.8 Å². The first-order valence-electron chi connectivity index (χ1n) is 7.33. The van der Waals surface area contributed by atoms with E-state index in [0.29, 0.717) is 21.7 Å². The first-order valence-corrected chi connectivity index (χ1v) is 8.50. The number of hydrogen-bond donors (Lipinski definition) is 0. The summed E-state index contributed by atoms with van der Waals surface area (Å²) in [4.78, 5) is 0. The van der Waals surface area contributed by atoms with Crippen LogP contribution in [0.5, 0.6) is 0 Å². The van der Waals surface area contributed by atoms with Crippen molar-refractivity contribution in [1.29, 1.82) is 0 Å². The molecule has 0 amide bonds. The zero-order valence-corrected chi connectivity index (χ0v) is 14.0. The lowest BCUT2D eigenvalue weighted by Gasteiger charge is -2.23. The Morgan fingerprint density at radius 3 is 2.82 bits per heavy atom. The molecule has 1 aromatic carbocycles. The lowest BCUT2D eigenvalue weighted by molar-refractivity contribution is -0.0366. The smallest absolute Gasteiger partial charge is 0.256 e. The van der Waals surface area contributed by atoms with Gasteiger partial charge in [0.15, 0.2) is 6.23 Å². The lowest BCUT2D eigenvalue weighted by Crippen LogP contribution is -2.19. The molecule has 1 saturated carbocycles. The number of aromatic nitrogens is 2. The summed E-state index contributed by atoms with van der Waals surface area (Å²) in [5.41, 5.74) is 1.31. The molecule has 0 spiro atoms. The molecule has 1 aliphatic carbocycles. The molecule has 2 atom stereocenters. The van der Waals surface area contributed by atoms with Gasteiger partial charge in [-0.15, -0.1) is 0 Å². The summed E-state index contributed by atoms with van der Waals surface area (Å²) < 4.78 is 35.0. The monoisotopic (exact) mass is 390 g/mol. The number of alkyl halides is 2. The van der Waals surface area contributed by atoms with Crippen LogP contribution in [0.2, 0.25) is 5.02 Å². The summed E-state index contributed by atoms with van der Waals surface area (Å²) in [6, 6.07) is 1.73. The third-order valence-corrected chi connectivity index (χ3v) is 5.60. The van der Waals surface area contributed by atoms with Crippen molar-refractivity contribution in [2.75, 3.05) is 6.61 Å². The Labute approximate surface area is 139 Å². The van der Waals surface area contributed by atoms with Gasteiger partial charge in [0.25, 0.3) is 5.92 Å². The number of rotatable bonds is 2. The molecular weight excluding hydrogens is 378 g/mol. The van der Waals surface area contributed by atoms with E-state index >= 15 is 0 Å². The fraction of sp³-hybridized carbons (Fsp3) is 0.533. The van der Waals surface area contributed by atoms with E-state index in [4.69, 9.17) is 16.3 Å². The van der Waals surface area contributed by atoms with Gasteiger partial charge in [0, 0.05) is 27.9 Å². The number of halogens is 4. The topological polar surface area (TPSA) is 27.1 Å². The second-order valence-corrected chi connectivity index (χ2v) is 7.15. The van der Waals surface area contributed by atoms with Crippen molar-refractivity contribution < 1.29 is 13.5 Å². The van der Waals surface area contributed by atoms with Gasteiger partial charge in [-0.1, -0.05) is 11.6 Å². The maximum atomic E-state index is 13.4. The molecule has 2 aliphatic rings. The molecule has 0 N–H and O–H groups in total. The molecule has 2 heterocycles. The van der Waals surface area contributed by atoms with Gasteiger partial charge in [0.2, 0.25) is 0 Å². The number of benzene rings is 1. The summed E-state index contributed by atoms with van der Waals surface area (Å²) in [7, 11) is 0. The van der Waals surface area contributed by atoms with Gasteiger partial charge in [0.05, 0.1) is 17.6 Å².